The molecule has 0 aromatic carbocycles. The molecule has 0 amide bonds. The molecule has 116 valence electrons. The van der Waals surface area contributed by atoms with Gasteiger partial charge in [0, 0.05) is 17.5 Å². The molecule has 0 bridgehead atoms. The van der Waals surface area contributed by atoms with E-state index >= 15 is 0 Å². The SMILES string of the molecule is CCN(CC)CC(C)NS(=O)(=O)c1cc(CO)sc1Br. The van der Waals surface area contributed by atoms with E-state index < -0.39 is 10.0 Å². The minimum absolute atomic E-state index is 0.159. The maximum atomic E-state index is 12.3. The molecule has 0 saturated carbocycles. The highest BCUT2D eigenvalue weighted by Crippen LogP contribution is 2.31. The van der Waals surface area contributed by atoms with E-state index in [0.29, 0.717) is 15.2 Å². The summed E-state index contributed by atoms with van der Waals surface area (Å²) in [5.41, 5.74) is 0. The summed E-state index contributed by atoms with van der Waals surface area (Å²) in [5, 5.41) is 9.07. The van der Waals surface area contributed by atoms with Gasteiger partial charge in [-0.15, -0.1) is 11.3 Å². The van der Waals surface area contributed by atoms with Gasteiger partial charge in [-0.05, 0) is 42.0 Å². The van der Waals surface area contributed by atoms with Crippen molar-refractivity contribution in [3.8, 4) is 0 Å². The van der Waals surface area contributed by atoms with Gasteiger partial charge in [0.15, 0.2) is 0 Å². The lowest BCUT2D eigenvalue weighted by atomic mass is 10.3. The van der Waals surface area contributed by atoms with E-state index in [1.165, 1.54) is 17.4 Å². The first-order valence-corrected chi connectivity index (χ1v) is 9.57. The highest BCUT2D eigenvalue weighted by Gasteiger charge is 2.23. The number of aliphatic hydroxyl groups is 1. The number of sulfonamides is 1. The van der Waals surface area contributed by atoms with Crippen molar-refractivity contribution in [3.05, 3.63) is 14.7 Å². The van der Waals surface area contributed by atoms with E-state index in [0.717, 1.165) is 13.1 Å². The third kappa shape index (κ3) is 4.78. The molecule has 0 fully saturated rings. The van der Waals surface area contributed by atoms with E-state index in [4.69, 9.17) is 5.11 Å². The molecule has 0 spiro atoms. The quantitative estimate of drug-likeness (QED) is 0.718. The summed E-state index contributed by atoms with van der Waals surface area (Å²) in [6.45, 7) is 8.23. The van der Waals surface area contributed by atoms with Gasteiger partial charge < -0.3 is 10.0 Å². The number of halogens is 1. The second kappa shape index (κ2) is 7.86. The third-order valence-corrected chi connectivity index (χ3v) is 6.76. The second-order valence-corrected chi connectivity index (χ2v) is 8.65. The van der Waals surface area contributed by atoms with Crippen molar-refractivity contribution in [2.24, 2.45) is 0 Å². The van der Waals surface area contributed by atoms with Gasteiger partial charge in [-0.2, -0.15) is 0 Å². The summed E-state index contributed by atoms with van der Waals surface area (Å²) in [7, 11) is -3.57. The lowest BCUT2D eigenvalue weighted by Gasteiger charge is -2.23. The van der Waals surface area contributed by atoms with Crippen molar-refractivity contribution >= 4 is 37.3 Å². The first kappa shape index (κ1) is 18.1. The predicted octanol–water partition coefficient (Wildman–Crippen LogP) is 2.01. The molecule has 0 saturated heterocycles. The van der Waals surface area contributed by atoms with Gasteiger partial charge in [0.1, 0.15) is 4.90 Å². The Morgan fingerprint density at radius 2 is 2.05 bits per heavy atom. The standard InChI is InChI=1S/C12H21BrN2O3S2/c1-4-15(5-2)7-9(3)14-20(17,18)11-6-10(8-16)19-12(11)13/h6,9,14,16H,4-5,7-8H2,1-3H3. The molecule has 1 aromatic rings. The molecule has 0 aliphatic heterocycles. The van der Waals surface area contributed by atoms with Gasteiger partial charge >= 0.3 is 0 Å². The second-order valence-electron chi connectivity index (χ2n) is 4.52. The zero-order valence-electron chi connectivity index (χ0n) is 11.9. The zero-order chi connectivity index (χ0) is 15.3. The van der Waals surface area contributed by atoms with Crippen LogP contribution in [0.5, 0.6) is 0 Å². The maximum Gasteiger partial charge on any atom is 0.242 e. The summed E-state index contributed by atoms with van der Waals surface area (Å²) in [6, 6.07) is 1.32. The van der Waals surface area contributed by atoms with E-state index in [1.807, 2.05) is 20.8 Å². The molecule has 0 aliphatic rings. The molecule has 5 nitrogen and oxygen atoms in total. The van der Waals surface area contributed by atoms with Crippen LogP contribution in [0.2, 0.25) is 0 Å². The van der Waals surface area contributed by atoms with Crippen LogP contribution in [-0.2, 0) is 16.6 Å². The smallest absolute Gasteiger partial charge is 0.242 e. The third-order valence-electron chi connectivity index (χ3n) is 2.93. The van der Waals surface area contributed by atoms with Crippen LogP contribution in [0.1, 0.15) is 25.6 Å². The molecule has 1 heterocycles. The van der Waals surface area contributed by atoms with E-state index in [-0.39, 0.29) is 17.5 Å². The van der Waals surface area contributed by atoms with Crippen molar-refractivity contribution in [2.75, 3.05) is 19.6 Å². The minimum Gasteiger partial charge on any atom is -0.391 e. The van der Waals surface area contributed by atoms with Gasteiger partial charge in [-0.3, -0.25) is 0 Å². The predicted molar refractivity (Wildman–Crippen MR) is 85.5 cm³/mol. The number of hydrogen-bond donors (Lipinski definition) is 2. The average molecular weight is 385 g/mol. The molecular weight excluding hydrogens is 364 g/mol. The lowest BCUT2D eigenvalue weighted by Crippen LogP contribution is -2.41. The van der Waals surface area contributed by atoms with Crippen molar-refractivity contribution in [1.29, 1.82) is 0 Å². The fraction of sp³-hybridized carbons (Fsp3) is 0.667. The number of likely N-dealkylation sites (N-methyl/N-ethyl adjacent to an activating group) is 1. The summed E-state index contributed by atoms with van der Waals surface area (Å²) in [4.78, 5) is 2.97. The van der Waals surface area contributed by atoms with Crippen LogP contribution in [0.15, 0.2) is 14.7 Å². The van der Waals surface area contributed by atoms with Crippen molar-refractivity contribution in [2.45, 2.75) is 38.3 Å². The van der Waals surface area contributed by atoms with Gasteiger partial charge in [-0.1, -0.05) is 13.8 Å². The summed E-state index contributed by atoms with van der Waals surface area (Å²) in [5.74, 6) is 0. The van der Waals surface area contributed by atoms with Crippen LogP contribution in [0.25, 0.3) is 0 Å². The Kier molecular flexibility index (Phi) is 7.10. The van der Waals surface area contributed by atoms with Crippen LogP contribution in [0.4, 0.5) is 0 Å². The molecule has 1 aromatic heterocycles. The van der Waals surface area contributed by atoms with Crippen molar-refractivity contribution in [3.63, 3.8) is 0 Å². The van der Waals surface area contributed by atoms with Gasteiger partial charge in [-0.25, -0.2) is 13.1 Å². The topological polar surface area (TPSA) is 69.6 Å². The number of nitrogens with zero attached hydrogens (tertiary/aromatic N) is 1. The Balaban J connectivity index is 2.81. The lowest BCUT2D eigenvalue weighted by molar-refractivity contribution is 0.282. The van der Waals surface area contributed by atoms with E-state index in [2.05, 4.69) is 25.6 Å². The van der Waals surface area contributed by atoms with Gasteiger partial charge in [0.2, 0.25) is 10.0 Å². The van der Waals surface area contributed by atoms with Crippen LogP contribution in [-0.4, -0.2) is 44.1 Å². The number of hydrogen-bond acceptors (Lipinski definition) is 5. The minimum atomic E-state index is -3.57. The molecule has 0 aliphatic carbocycles. The fourth-order valence-corrected chi connectivity index (χ4v) is 5.67. The Morgan fingerprint density at radius 1 is 1.45 bits per heavy atom. The normalized spacial score (nSPS) is 13.9. The number of rotatable bonds is 8. The highest BCUT2D eigenvalue weighted by molar-refractivity contribution is 9.11. The largest absolute Gasteiger partial charge is 0.391 e. The number of nitrogens with one attached hydrogen (secondary N) is 1. The van der Waals surface area contributed by atoms with Gasteiger partial charge in [0.05, 0.1) is 10.4 Å². The van der Waals surface area contributed by atoms with Crippen molar-refractivity contribution in [1.82, 2.24) is 9.62 Å². The molecule has 1 rings (SSSR count). The van der Waals surface area contributed by atoms with Crippen LogP contribution in [0.3, 0.4) is 0 Å². The van der Waals surface area contributed by atoms with Gasteiger partial charge in [0.25, 0.3) is 0 Å². The Labute approximate surface area is 133 Å². The van der Waals surface area contributed by atoms with E-state index in [1.54, 1.807) is 0 Å². The summed E-state index contributed by atoms with van der Waals surface area (Å²) < 4.78 is 27.8. The Hall–Kier alpha value is 0.01000. The van der Waals surface area contributed by atoms with Crippen LogP contribution < -0.4 is 4.72 Å². The number of aliphatic hydroxyl groups excluding tert-OH is 1. The molecular formula is C12H21BrN2O3S2. The first-order chi connectivity index (χ1) is 9.33. The van der Waals surface area contributed by atoms with Crippen LogP contribution >= 0.6 is 27.3 Å². The first-order valence-electron chi connectivity index (χ1n) is 6.47. The number of thiophene rings is 1. The summed E-state index contributed by atoms with van der Waals surface area (Å²) in [6.07, 6.45) is 0. The monoisotopic (exact) mass is 384 g/mol. The maximum absolute atomic E-state index is 12.3. The molecule has 20 heavy (non-hydrogen) atoms. The van der Waals surface area contributed by atoms with Crippen molar-refractivity contribution < 1.29 is 13.5 Å². The zero-order valence-corrected chi connectivity index (χ0v) is 15.1. The van der Waals surface area contributed by atoms with E-state index in [9.17, 15) is 8.42 Å². The molecule has 8 heteroatoms. The Morgan fingerprint density at radius 3 is 2.50 bits per heavy atom. The van der Waals surface area contributed by atoms with Crippen LogP contribution in [0, 0.1) is 0 Å². The molecule has 0 radical (unpaired) electrons. The Bertz CT molecular complexity index is 527. The molecule has 2 N–H and O–H groups in total. The summed E-state index contributed by atoms with van der Waals surface area (Å²) >= 11 is 4.47. The molecule has 1 atom stereocenters. The average Bonchev–Trinajstić information content (AvgIpc) is 2.77. The molecule has 1 unspecified atom stereocenters. The fourth-order valence-electron chi connectivity index (χ4n) is 1.89. The highest BCUT2D eigenvalue weighted by atomic mass is 79.9.